The van der Waals surface area contributed by atoms with Crippen LogP contribution >= 0.6 is 0 Å². The minimum Gasteiger partial charge on any atom is -0.349 e. The van der Waals surface area contributed by atoms with E-state index in [1.54, 1.807) is 0 Å². The van der Waals surface area contributed by atoms with Crippen molar-refractivity contribution in [2.75, 3.05) is 0 Å². The van der Waals surface area contributed by atoms with Crippen molar-refractivity contribution >= 4 is 22.5 Å². The highest BCUT2D eigenvalue weighted by molar-refractivity contribution is 6.01. The van der Waals surface area contributed by atoms with Gasteiger partial charge in [0.2, 0.25) is 5.91 Å². The summed E-state index contributed by atoms with van der Waals surface area (Å²) in [6.45, 7) is 3.53. The van der Waals surface area contributed by atoms with E-state index in [-0.39, 0.29) is 11.9 Å². The van der Waals surface area contributed by atoms with Gasteiger partial charge in [-0.25, -0.2) is 4.98 Å². The van der Waals surface area contributed by atoms with E-state index >= 15 is 0 Å². The molecule has 0 fully saturated rings. The first-order valence-electron chi connectivity index (χ1n) is 8.34. The molecule has 0 bridgehead atoms. The molecule has 4 rings (SSSR count). The van der Waals surface area contributed by atoms with Crippen LogP contribution in [-0.4, -0.2) is 32.1 Å². The van der Waals surface area contributed by atoms with Gasteiger partial charge in [0.05, 0.1) is 6.20 Å². The number of aromatic nitrogens is 4. The van der Waals surface area contributed by atoms with Crippen molar-refractivity contribution in [3.8, 4) is 11.1 Å². The van der Waals surface area contributed by atoms with Crippen LogP contribution < -0.4 is 5.32 Å². The van der Waals surface area contributed by atoms with Gasteiger partial charge >= 0.3 is 0 Å². The van der Waals surface area contributed by atoms with Gasteiger partial charge in [-0.2, -0.15) is 5.10 Å². The van der Waals surface area contributed by atoms with E-state index in [4.69, 9.17) is 0 Å². The van der Waals surface area contributed by atoms with Gasteiger partial charge in [0, 0.05) is 41.1 Å². The zero-order valence-corrected chi connectivity index (χ0v) is 13.7. The van der Waals surface area contributed by atoms with Crippen molar-refractivity contribution in [3.05, 3.63) is 55.1 Å². The van der Waals surface area contributed by atoms with Gasteiger partial charge in [0.1, 0.15) is 5.65 Å². The van der Waals surface area contributed by atoms with E-state index < -0.39 is 0 Å². The Bertz CT molecular complexity index is 952. The van der Waals surface area contributed by atoms with Crippen LogP contribution in [0.3, 0.4) is 0 Å². The van der Waals surface area contributed by atoms with Crippen LogP contribution in [0.1, 0.15) is 24.8 Å². The van der Waals surface area contributed by atoms with Crippen molar-refractivity contribution < 1.29 is 4.79 Å². The third-order valence-corrected chi connectivity index (χ3v) is 4.63. The normalized spacial score (nSPS) is 17.3. The standard InChI is InChI=1S/C19H19N5O/c1-2-17(25)24-14-5-3-4-12(8-14)15-6-7-20-19-18(15)16(11-21-19)13-9-22-23-10-13/h2,4,6-7,9-11,14H,1,3,5,8H2,(H,20,21)(H,22,23)(H,24,25). The maximum absolute atomic E-state index is 11.6. The van der Waals surface area contributed by atoms with Crippen LogP contribution in [0.15, 0.2) is 49.6 Å². The fourth-order valence-electron chi connectivity index (χ4n) is 3.46. The summed E-state index contributed by atoms with van der Waals surface area (Å²) in [6.07, 6.45) is 13.7. The van der Waals surface area contributed by atoms with Gasteiger partial charge < -0.3 is 10.3 Å². The Labute approximate surface area is 145 Å². The minimum absolute atomic E-state index is 0.119. The molecule has 6 heteroatoms. The molecule has 1 atom stereocenters. The Kier molecular flexibility index (Phi) is 3.93. The maximum atomic E-state index is 11.6. The molecule has 1 unspecified atom stereocenters. The summed E-state index contributed by atoms with van der Waals surface area (Å²) >= 11 is 0. The quantitative estimate of drug-likeness (QED) is 0.641. The summed E-state index contributed by atoms with van der Waals surface area (Å²) in [7, 11) is 0. The lowest BCUT2D eigenvalue weighted by molar-refractivity contribution is -0.117. The largest absolute Gasteiger partial charge is 0.349 e. The number of hydrogen-bond acceptors (Lipinski definition) is 3. The molecule has 3 N–H and O–H groups in total. The monoisotopic (exact) mass is 333 g/mol. The molecule has 3 heterocycles. The van der Waals surface area contributed by atoms with Crippen molar-refractivity contribution in [2.24, 2.45) is 0 Å². The highest BCUT2D eigenvalue weighted by Gasteiger charge is 2.21. The maximum Gasteiger partial charge on any atom is 0.243 e. The van der Waals surface area contributed by atoms with E-state index in [0.717, 1.165) is 47.0 Å². The molecule has 6 nitrogen and oxygen atoms in total. The third kappa shape index (κ3) is 2.87. The number of nitrogens with one attached hydrogen (secondary N) is 3. The summed E-state index contributed by atoms with van der Waals surface area (Å²) in [5.74, 6) is -0.119. The number of pyridine rings is 1. The average Bonchev–Trinajstić information content (AvgIpc) is 3.30. The lowest BCUT2D eigenvalue weighted by Gasteiger charge is -2.24. The number of amides is 1. The number of carbonyl (C=O) groups excluding carboxylic acids is 1. The summed E-state index contributed by atoms with van der Waals surface area (Å²) in [5.41, 5.74) is 5.34. The molecular weight excluding hydrogens is 314 g/mol. The molecule has 126 valence electrons. The summed E-state index contributed by atoms with van der Waals surface area (Å²) in [5, 5.41) is 11.0. The number of fused-ring (bicyclic) bond motifs is 1. The second-order valence-electron chi connectivity index (χ2n) is 6.19. The van der Waals surface area contributed by atoms with Gasteiger partial charge in [0.25, 0.3) is 0 Å². The SMILES string of the molecule is C=CC(=O)NC1CCC=C(c2ccnc3[nH]cc(-c4cn[nH]c4)c23)C1. The first-order valence-corrected chi connectivity index (χ1v) is 8.34. The molecule has 1 amide bonds. The van der Waals surface area contributed by atoms with E-state index in [0.29, 0.717) is 0 Å². The van der Waals surface area contributed by atoms with Crippen LogP contribution in [0.2, 0.25) is 0 Å². The molecule has 1 aliphatic rings. The highest BCUT2D eigenvalue weighted by Crippen LogP contribution is 2.36. The van der Waals surface area contributed by atoms with Crippen molar-refractivity contribution in [1.82, 2.24) is 25.5 Å². The van der Waals surface area contributed by atoms with Crippen molar-refractivity contribution in [2.45, 2.75) is 25.3 Å². The molecule has 3 aromatic rings. The summed E-state index contributed by atoms with van der Waals surface area (Å²) < 4.78 is 0. The zero-order chi connectivity index (χ0) is 17.2. The van der Waals surface area contributed by atoms with E-state index in [2.05, 4.69) is 38.1 Å². The minimum atomic E-state index is -0.119. The number of rotatable bonds is 4. The molecule has 0 radical (unpaired) electrons. The molecular formula is C19H19N5O. The molecule has 25 heavy (non-hydrogen) atoms. The van der Waals surface area contributed by atoms with E-state index in [1.807, 2.05) is 30.9 Å². The molecule has 0 aromatic carbocycles. The average molecular weight is 333 g/mol. The second-order valence-corrected chi connectivity index (χ2v) is 6.19. The Morgan fingerprint density at radius 3 is 3.08 bits per heavy atom. The molecule has 3 aromatic heterocycles. The van der Waals surface area contributed by atoms with Gasteiger partial charge in [-0.1, -0.05) is 12.7 Å². The van der Waals surface area contributed by atoms with Gasteiger partial charge in [-0.3, -0.25) is 9.89 Å². The van der Waals surface area contributed by atoms with Crippen molar-refractivity contribution in [3.63, 3.8) is 0 Å². The Balaban J connectivity index is 1.74. The van der Waals surface area contributed by atoms with Crippen LogP contribution in [-0.2, 0) is 4.79 Å². The number of allylic oxidation sites excluding steroid dienone is 1. The molecule has 0 saturated heterocycles. The van der Waals surface area contributed by atoms with Crippen LogP contribution in [0.4, 0.5) is 0 Å². The molecule has 1 aliphatic carbocycles. The second kappa shape index (κ2) is 6.39. The number of aromatic amines is 2. The fraction of sp³-hybridized carbons (Fsp3) is 0.211. The lowest BCUT2D eigenvalue weighted by Crippen LogP contribution is -2.34. The molecule has 0 spiro atoms. The van der Waals surface area contributed by atoms with Crippen LogP contribution in [0.25, 0.3) is 27.7 Å². The lowest BCUT2D eigenvalue weighted by atomic mass is 9.88. The summed E-state index contributed by atoms with van der Waals surface area (Å²) in [4.78, 5) is 19.3. The van der Waals surface area contributed by atoms with Crippen molar-refractivity contribution in [1.29, 1.82) is 0 Å². The predicted octanol–water partition coefficient (Wildman–Crippen LogP) is 3.19. The van der Waals surface area contributed by atoms with Gasteiger partial charge in [-0.15, -0.1) is 0 Å². The van der Waals surface area contributed by atoms with E-state index in [1.165, 1.54) is 11.6 Å². The predicted molar refractivity (Wildman–Crippen MR) is 97.6 cm³/mol. The summed E-state index contributed by atoms with van der Waals surface area (Å²) in [6, 6.07) is 2.17. The Morgan fingerprint density at radius 1 is 1.36 bits per heavy atom. The van der Waals surface area contributed by atoms with Gasteiger partial charge in [-0.05, 0) is 42.5 Å². The van der Waals surface area contributed by atoms with Crippen LogP contribution in [0.5, 0.6) is 0 Å². The Hall–Kier alpha value is -3.15. The first-order chi connectivity index (χ1) is 12.3. The number of nitrogens with zero attached hydrogens (tertiary/aromatic N) is 2. The Morgan fingerprint density at radius 2 is 2.28 bits per heavy atom. The first kappa shape index (κ1) is 15.4. The zero-order valence-electron chi connectivity index (χ0n) is 13.7. The smallest absolute Gasteiger partial charge is 0.243 e. The molecule has 0 saturated carbocycles. The van der Waals surface area contributed by atoms with Gasteiger partial charge in [0.15, 0.2) is 0 Å². The topological polar surface area (TPSA) is 86.5 Å². The van der Waals surface area contributed by atoms with E-state index in [9.17, 15) is 4.79 Å². The fourth-order valence-corrected chi connectivity index (χ4v) is 3.46. The number of carbonyl (C=O) groups is 1. The number of H-pyrrole nitrogens is 2. The molecule has 0 aliphatic heterocycles. The van der Waals surface area contributed by atoms with Crippen LogP contribution in [0, 0.1) is 0 Å². The number of hydrogen-bond donors (Lipinski definition) is 3. The highest BCUT2D eigenvalue weighted by atomic mass is 16.1. The third-order valence-electron chi connectivity index (χ3n) is 4.63.